The number of amides is 2. The fourth-order valence-electron chi connectivity index (χ4n) is 3.88. The molecule has 0 bridgehead atoms. The number of carbonyl (C=O) groups is 2. The number of carbonyl (C=O) groups excluding carboxylic acids is 2. The highest BCUT2D eigenvalue weighted by molar-refractivity contribution is 6.02. The summed E-state index contributed by atoms with van der Waals surface area (Å²) in [6.45, 7) is 0.171. The molecular weight excluding hydrogens is 443 g/mol. The van der Waals surface area contributed by atoms with E-state index in [2.05, 4.69) is 15.5 Å². The Morgan fingerprint density at radius 2 is 1.94 bits per heavy atom. The highest BCUT2D eigenvalue weighted by Crippen LogP contribution is 2.28. The Bertz CT molecular complexity index is 1460. The molecule has 1 aliphatic heterocycles. The summed E-state index contributed by atoms with van der Waals surface area (Å²) >= 11 is 0. The first-order chi connectivity index (χ1) is 16.4. The fraction of sp³-hybridized carbons (Fsp3) is 0.174. The van der Waals surface area contributed by atoms with Crippen molar-refractivity contribution in [2.45, 2.75) is 6.42 Å². The predicted octanol–water partition coefficient (Wildman–Crippen LogP) is 1.85. The molecule has 1 fully saturated rings. The van der Waals surface area contributed by atoms with E-state index in [9.17, 15) is 18.8 Å². The van der Waals surface area contributed by atoms with Crippen LogP contribution in [0.4, 0.5) is 10.1 Å². The van der Waals surface area contributed by atoms with Crippen LogP contribution in [-0.2, 0) is 9.59 Å². The van der Waals surface area contributed by atoms with Crippen molar-refractivity contribution in [3.8, 4) is 11.4 Å². The number of halogens is 1. The van der Waals surface area contributed by atoms with Crippen molar-refractivity contribution < 1.29 is 18.7 Å². The normalized spacial score (nSPS) is 15.6. The molecule has 4 aromatic rings. The third-order valence-corrected chi connectivity index (χ3v) is 5.65. The first-order valence-corrected chi connectivity index (χ1v) is 10.4. The van der Waals surface area contributed by atoms with E-state index in [1.807, 2.05) is 0 Å². The second-order valence-electron chi connectivity index (χ2n) is 7.77. The first kappa shape index (κ1) is 21.3. The van der Waals surface area contributed by atoms with Gasteiger partial charge in [0.15, 0.2) is 5.65 Å². The zero-order valence-electron chi connectivity index (χ0n) is 18.0. The smallest absolute Gasteiger partial charge is 0.283 e. The van der Waals surface area contributed by atoms with Gasteiger partial charge in [0.2, 0.25) is 11.8 Å². The number of anilines is 1. The summed E-state index contributed by atoms with van der Waals surface area (Å²) in [7, 11) is 1.53. The zero-order valence-corrected chi connectivity index (χ0v) is 18.0. The lowest BCUT2D eigenvalue weighted by Gasteiger charge is -2.17. The quantitative estimate of drug-likeness (QED) is 0.485. The molecule has 1 N–H and O–H groups in total. The minimum atomic E-state index is -0.650. The number of benzene rings is 2. The Morgan fingerprint density at radius 3 is 2.71 bits per heavy atom. The molecule has 1 aliphatic rings. The van der Waals surface area contributed by atoms with Gasteiger partial charge in [-0.05, 0) is 36.4 Å². The Balaban J connectivity index is 1.35. The lowest BCUT2D eigenvalue weighted by Crippen LogP contribution is -2.37. The highest BCUT2D eigenvalue weighted by Gasteiger charge is 2.35. The highest BCUT2D eigenvalue weighted by atomic mass is 19.1. The van der Waals surface area contributed by atoms with Crippen molar-refractivity contribution in [1.82, 2.24) is 19.4 Å². The van der Waals surface area contributed by atoms with Crippen molar-refractivity contribution in [2.24, 2.45) is 5.92 Å². The molecule has 11 heteroatoms. The molecule has 10 nitrogen and oxygen atoms in total. The molecule has 0 spiro atoms. The molecule has 1 unspecified atom stereocenters. The van der Waals surface area contributed by atoms with Crippen LogP contribution in [0.15, 0.2) is 65.8 Å². The number of fused-ring (bicyclic) bond motifs is 1. The standard InChI is InChI=1S/C23H19FN6O4/c1-34-18-4-2-3-17(10-18)28-12-14(9-20(28)31)22(32)27-29-13-25-21-19(23(29)33)11-26-30(21)16-7-5-15(24)6-8-16/h2-8,10-11,13-14H,9,12H2,1H3,(H,27,32). The van der Waals surface area contributed by atoms with Gasteiger partial charge in [-0.3, -0.25) is 19.8 Å². The van der Waals surface area contributed by atoms with Crippen molar-refractivity contribution in [2.75, 3.05) is 24.0 Å². The Kier molecular flexibility index (Phi) is 5.28. The third-order valence-electron chi connectivity index (χ3n) is 5.65. The Labute approximate surface area is 192 Å². The van der Waals surface area contributed by atoms with Crippen molar-refractivity contribution in [3.63, 3.8) is 0 Å². The van der Waals surface area contributed by atoms with Crippen molar-refractivity contribution in [3.05, 3.63) is 77.2 Å². The lowest BCUT2D eigenvalue weighted by molar-refractivity contribution is -0.123. The van der Waals surface area contributed by atoms with E-state index in [1.165, 1.54) is 53.5 Å². The molecule has 1 atom stereocenters. The fourth-order valence-corrected chi connectivity index (χ4v) is 3.88. The van der Waals surface area contributed by atoms with Crippen LogP contribution in [0.1, 0.15) is 6.42 Å². The molecule has 2 amide bonds. The van der Waals surface area contributed by atoms with E-state index in [0.717, 1.165) is 4.68 Å². The van der Waals surface area contributed by atoms with E-state index < -0.39 is 23.2 Å². The van der Waals surface area contributed by atoms with Crippen molar-refractivity contribution >= 4 is 28.5 Å². The Hall–Kier alpha value is -4.54. The molecule has 0 radical (unpaired) electrons. The number of nitrogens with one attached hydrogen (secondary N) is 1. The van der Waals surface area contributed by atoms with Crippen LogP contribution < -0.4 is 20.6 Å². The van der Waals surface area contributed by atoms with Crippen molar-refractivity contribution in [1.29, 1.82) is 0 Å². The number of rotatable bonds is 5. The second-order valence-corrected chi connectivity index (χ2v) is 7.77. The van der Waals surface area contributed by atoms with Gasteiger partial charge in [-0.25, -0.2) is 18.7 Å². The summed E-state index contributed by atoms with van der Waals surface area (Å²) in [5.74, 6) is -1.12. The number of nitrogens with zero attached hydrogens (tertiary/aromatic N) is 5. The van der Waals surface area contributed by atoms with Gasteiger partial charge in [0, 0.05) is 24.7 Å². The molecule has 5 rings (SSSR count). The van der Waals surface area contributed by atoms with Gasteiger partial charge in [-0.1, -0.05) is 6.07 Å². The first-order valence-electron chi connectivity index (χ1n) is 10.4. The van der Waals surface area contributed by atoms with Gasteiger partial charge in [0.1, 0.15) is 23.3 Å². The SMILES string of the molecule is COc1cccc(N2CC(C(=O)Nn3cnc4c(cnn4-c4ccc(F)cc4)c3=O)CC2=O)c1. The average molecular weight is 462 g/mol. The molecule has 172 valence electrons. The number of hydrogen-bond donors (Lipinski definition) is 1. The number of aromatic nitrogens is 4. The minimum absolute atomic E-state index is 0.00989. The molecule has 2 aromatic heterocycles. The van der Waals surface area contributed by atoms with Crippen LogP contribution in [0.3, 0.4) is 0 Å². The summed E-state index contributed by atoms with van der Waals surface area (Å²) in [4.78, 5) is 44.0. The summed E-state index contributed by atoms with van der Waals surface area (Å²) in [6, 6.07) is 12.6. The van der Waals surface area contributed by atoms with Gasteiger partial charge < -0.3 is 9.64 Å². The van der Waals surface area contributed by atoms with Gasteiger partial charge in [-0.15, -0.1) is 0 Å². The zero-order chi connectivity index (χ0) is 23.8. The van der Waals surface area contributed by atoms with Crippen LogP contribution in [0.2, 0.25) is 0 Å². The summed E-state index contributed by atoms with van der Waals surface area (Å²) in [5.41, 5.74) is 3.43. The summed E-state index contributed by atoms with van der Waals surface area (Å²) in [6.07, 6.45) is 2.52. The summed E-state index contributed by atoms with van der Waals surface area (Å²) in [5, 5.41) is 4.34. The van der Waals surface area contributed by atoms with Crippen LogP contribution in [0.5, 0.6) is 5.75 Å². The van der Waals surface area contributed by atoms with Gasteiger partial charge in [0.25, 0.3) is 5.56 Å². The van der Waals surface area contributed by atoms with E-state index in [-0.39, 0.29) is 29.9 Å². The van der Waals surface area contributed by atoms with E-state index in [4.69, 9.17) is 4.74 Å². The van der Waals surface area contributed by atoms with Gasteiger partial charge in [-0.2, -0.15) is 5.10 Å². The maximum absolute atomic E-state index is 13.2. The topological polar surface area (TPSA) is 111 Å². The van der Waals surface area contributed by atoms with Crippen LogP contribution in [-0.4, -0.2) is 44.9 Å². The summed E-state index contributed by atoms with van der Waals surface area (Å²) < 4.78 is 20.8. The molecule has 3 heterocycles. The largest absolute Gasteiger partial charge is 0.497 e. The van der Waals surface area contributed by atoms with Gasteiger partial charge >= 0.3 is 0 Å². The van der Waals surface area contributed by atoms with E-state index in [0.29, 0.717) is 17.1 Å². The number of methoxy groups -OCH3 is 1. The number of hydrogen-bond acceptors (Lipinski definition) is 6. The lowest BCUT2D eigenvalue weighted by atomic mass is 10.1. The van der Waals surface area contributed by atoms with E-state index in [1.54, 1.807) is 24.3 Å². The molecule has 0 saturated carbocycles. The van der Waals surface area contributed by atoms with E-state index >= 15 is 0 Å². The maximum atomic E-state index is 13.2. The average Bonchev–Trinajstić information content (AvgIpc) is 3.46. The second kappa shape index (κ2) is 8.43. The molecule has 2 aromatic carbocycles. The minimum Gasteiger partial charge on any atom is -0.497 e. The number of ether oxygens (including phenoxy) is 1. The molecule has 1 saturated heterocycles. The molecular formula is C23H19FN6O4. The molecule has 34 heavy (non-hydrogen) atoms. The maximum Gasteiger partial charge on any atom is 0.283 e. The van der Waals surface area contributed by atoms with Crippen LogP contribution in [0, 0.1) is 11.7 Å². The monoisotopic (exact) mass is 462 g/mol. The van der Waals surface area contributed by atoms with Crippen LogP contribution >= 0.6 is 0 Å². The van der Waals surface area contributed by atoms with Crippen LogP contribution in [0.25, 0.3) is 16.7 Å². The predicted molar refractivity (Wildman–Crippen MR) is 121 cm³/mol. The third kappa shape index (κ3) is 3.76. The van der Waals surface area contributed by atoms with Gasteiger partial charge in [0.05, 0.1) is 24.9 Å². The Morgan fingerprint density at radius 1 is 1.15 bits per heavy atom. The molecule has 0 aliphatic carbocycles.